The quantitative estimate of drug-likeness (QED) is 0.161. The van der Waals surface area contributed by atoms with Gasteiger partial charge in [0, 0.05) is 18.3 Å². The molecule has 0 spiro atoms. The first-order valence-corrected chi connectivity index (χ1v) is 15.3. The van der Waals surface area contributed by atoms with Crippen LogP contribution in [0.25, 0.3) is 0 Å². The van der Waals surface area contributed by atoms with Crippen molar-refractivity contribution >= 4 is 63.7 Å². The summed E-state index contributed by atoms with van der Waals surface area (Å²) in [6, 6.07) is 29.3. The summed E-state index contributed by atoms with van der Waals surface area (Å²) in [6.07, 6.45) is 1.71. The number of halogens is 4. The summed E-state index contributed by atoms with van der Waals surface area (Å²) in [4.78, 5) is 0. The van der Waals surface area contributed by atoms with Crippen LogP contribution >= 0.6 is 63.7 Å². The largest absolute Gasteiger partial charge is 0.491 e. The van der Waals surface area contributed by atoms with Crippen molar-refractivity contribution in [2.24, 2.45) is 0 Å². The van der Waals surface area contributed by atoms with Gasteiger partial charge in [0.15, 0.2) is 0 Å². The second kappa shape index (κ2) is 13.0. The standard InChI is InChI=1S/C31H28Br4O2/c1-31(2,23-17-25(32)29(26(33)18-23)36-15-13-21-9-5-3-6-10-21)24-19-27(34)30(28(35)20-24)37-16-14-22-11-7-4-8-12-22/h3-12,17-20H,13-16H2,1-2H3. The van der Waals surface area contributed by atoms with Gasteiger partial charge in [-0.1, -0.05) is 74.5 Å². The van der Waals surface area contributed by atoms with Crippen molar-refractivity contribution in [1.29, 1.82) is 0 Å². The predicted molar refractivity (Wildman–Crippen MR) is 167 cm³/mol. The maximum atomic E-state index is 6.14. The van der Waals surface area contributed by atoms with E-state index >= 15 is 0 Å². The lowest BCUT2D eigenvalue weighted by Crippen LogP contribution is -2.19. The minimum absolute atomic E-state index is 0.263. The summed E-state index contributed by atoms with van der Waals surface area (Å²) in [5, 5.41) is 0. The lowest BCUT2D eigenvalue weighted by molar-refractivity contribution is 0.317. The highest BCUT2D eigenvalue weighted by atomic mass is 79.9. The van der Waals surface area contributed by atoms with E-state index in [1.807, 2.05) is 12.1 Å². The normalized spacial score (nSPS) is 11.4. The summed E-state index contributed by atoms with van der Waals surface area (Å²) < 4.78 is 16.0. The first kappa shape index (κ1) is 28.4. The Labute approximate surface area is 253 Å². The lowest BCUT2D eigenvalue weighted by Gasteiger charge is -2.28. The number of rotatable bonds is 10. The molecule has 0 aromatic heterocycles. The zero-order chi connectivity index (χ0) is 26.4. The molecule has 0 amide bonds. The molecule has 0 bridgehead atoms. The van der Waals surface area contributed by atoms with Crippen molar-refractivity contribution in [2.75, 3.05) is 13.2 Å². The molecule has 0 radical (unpaired) electrons. The molecule has 6 heteroatoms. The fourth-order valence-corrected chi connectivity index (χ4v) is 6.95. The van der Waals surface area contributed by atoms with E-state index in [4.69, 9.17) is 9.47 Å². The third-order valence-electron chi connectivity index (χ3n) is 6.40. The van der Waals surface area contributed by atoms with Gasteiger partial charge < -0.3 is 9.47 Å². The van der Waals surface area contributed by atoms with Crippen molar-refractivity contribution in [3.63, 3.8) is 0 Å². The molecule has 0 N–H and O–H groups in total. The molecule has 2 nitrogen and oxygen atoms in total. The first-order chi connectivity index (χ1) is 17.8. The molecule has 0 saturated heterocycles. The molecule has 37 heavy (non-hydrogen) atoms. The van der Waals surface area contributed by atoms with Crippen LogP contribution in [0.1, 0.15) is 36.1 Å². The summed E-state index contributed by atoms with van der Waals surface area (Å²) in [6.45, 7) is 5.66. The molecule has 0 heterocycles. The molecular formula is C31H28Br4O2. The van der Waals surface area contributed by atoms with Gasteiger partial charge in [0.25, 0.3) is 0 Å². The second-order valence-corrected chi connectivity index (χ2v) is 12.7. The smallest absolute Gasteiger partial charge is 0.147 e. The van der Waals surface area contributed by atoms with Crippen LogP contribution in [0.5, 0.6) is 11.5 Å². The minimum atomic E-state index is -0.263. The summed E-state index contributed by atoms with van der Waals surface area (Å²) in [5.41, 5.74) is 4.59. The Morgan fingerprint density at radius 2 is 0.865 bits per heavy atom. The maximum Gasteiger partial charge on any atom is 0.147 e. The topological polar surface area (TPSA) is 18.5 Å². The van der Waals surface area contributed by atoms with Crippen LogP contribution in [-0.4, -0.2) is 13.2 Å². The van der Waals surface area contributed by atoms with Gasteiger partial charge in [0.05, 0.1) is 31.1 Å². The highest BCUT2D eigenvalue weighted by molar-refractivity contribution is 9.11. The van der Waals surface area contributed by atoms with E-state index in [2.05, 4.69) is 150 Å². The van der Waals surface area contributed by atoms with E-state index in [9.17, 15) is 0 Å². The van der Waals surface area contributed by atoms with Gasteiger partial charge in [-0.25, -0.2) is 0 Å². The van der Waals surface area contributed by atoms with Crippen LogP contribution < -0.4 is 9.47 Å². The van der Waals surface area contributed by atoms with E-state index in [-0.39, 0.29) is 5.41 Å². The number of hydrogen-bond donors (Lipinski definition) is 0. The molecule has 4 aromatic carbocycles. The van der Waals surface area contributed by atoms with E-state index in [0.717, 1.165) is 42.2 Å². The average molecular weight is 752 g/mol. The minimum Gasteiger partial charge on any atom is -0.491 e. The Morgan fingerprint density at radius 3 is 1.19 bits per heavy atom. The highest BCUT2D eigenvalue weighted by Crippen LogP contribution is 2.44. The third kappa shape index (κ3) is 7.29. The molecule has 0 aliphatic rings. The number of benzene rings is 4. The van der Waals surface area contributed by atoms with E-state index < -0.39 is 0 Å². The fraction of sp³-hybridized carbons (Fsp3) is 0.226. The van der Waals surface area contributed by atoms with Gasteiger partial charge in [-0.3, -0.25) is 0 Å². The van der Waals surface area contributed by atoms with Gasteiger partial charge in [-0.05, 0) is 110 Å². The van der Waals surface area contributed by atoms with Crippen molar-refractivity contribution in [3.8, 4) is 11.5 Å². The lowest BCUT2D eigenvalue weighted by atomic mass is 9.78. The van der Waals surface area contributed by atoms with Crippen LogP contribution in [0.3, 0.4) is 0 Å². The van der Waals surface area contributed by atoms with Gasteiger partial charge in [-0.2, -0.15) is 0 Å². The molecule has 0 aliphatic carbocycles. The van der Waals surface area contributed by atoms with Gasteiger partial charge in [0.1, 0.15) is 11.5 Å². The van der Waals surface area contributed by atoms with Crippen LogP contribution in [0.4, 0.5) is 0 Å². The molecule has 0 atom stereocenters. The Morgan fingerprint density at radius 1 is 0.541 bits per heavy atom. The van der Waals surface area contributed by atoms with Gasteiger partial charge in [0.2, 0.25) is 0 Å². The second-order valence-electron chi connectivity index (χ2n) is 9.33. The number of hydrogen-bond acceptors (Lipinski definition) is 2. The van der Waals surface area contributed by atoms with Crippen molar-refractivity contribution < 1.29 is 9.47 Å². The molecule has 4 aromatic rings. The van der Waals surface area contributed by atoms with Crippen molar-refractivity contribution in [2.45, 2.75) is 32.1 Å². The molecular weight excluding hydrogens is 724 g/mol. The fourth-order valence-electron chi connectivity index (χ4n) is 4.12. The monoisotopic (exact) mass is 748 g/mol. The zero-order valence-corrected chi connectivity index (χ0v) is 27.1. The molecule has 192 valence electrons. The highest BCUT2D eigenvalue weighted by Gasteiger charge is 2.27. The Bertz CT molecular complexity index is 1190. The van der Waals surface area contributed by atoms with Crippen molar-refractivity contribution in [3.05, 3.63) is 125 Å². The molecule has 4 rings (SSSR count). The van der Waals surface area contributed by atoms with E-state index in [1.54, 1.807) is 0 Å². The average Bonchev–Trinajstić information content (AvgIpc) is 2.88. The third-order valence-corrected chi connectivity index (χ3v) is 8.76. The van der Waals surface area contributed by atoms with Crippen LogP contribution in [-0.2, 0) is 18.3 Å². The Kier molecular flexibility index (Phi) is 9.96. The Hall–Kier alpha value is -1.60. The summed E-state index contributed by atoms with van der Waals surface area (Å²) >= 11 is 15.0. The Balaban J connectivity index is 1.48. The van der Waals surface area contributed by atoms with Gasteiger partial charge >= 0.3 is 0 Å². The van der Waals surface area contributed by atoms with E-state index in [0.29, 0.717) is 13.2 Å². The summed E-state index contributed by atoms with van der Waals surface area (Å²) in [7, 11) is 0. The first-order valence-electron chi connectivity index (χ1n) is 12.1. The van der Waals surface area contributed by atoms with Crippen molar-refractivity contribution in [1.82, 2.24) is 0 Å². The number of ether oxygens (including phenoxy) is 2. The molecule has 0 saturated carbocycles. The van der Waals surface area contributed by atoms with Gasteiger partial charge in [-0.15, -0.1) is 0 Å². The molecule has 0 unspecified atom stereocenters. The molecule has 0 aliphatic heterocycles. The van der Waals surface area contributed by atoms with Crippen LogP contribution in [0.2, 0.25) is 0 Å². The van der Waals surface area contributed by atoms with Crippen LogP contribution in [0.15, 0.2) is 103 Å². The summed E-state index contributed by atoms with van der Waals surface area (Å²) in [5.74, 6) is 1.64. The maximum absolute atomic E-state index is 6.14. The SMILES string of the molecule is CC(C)(c1cc(Br)c(OCCc2ccccc2)c(Br)c1)c1cc(Br)c(OCCc2ccccc2)c(Br)c1. The molecule has 0 fully saturated rings. The zero-order valence-electron chi connectivity index (χ0n) is 20.7. The predicted octanol–water partition coefficient (Wildman–Crippen LogP) is 10.3. The van der Waals surface area contributed by atoms with Crippen LogP contribution in [0, 0.1) is 0 Å². The van der Waals surface area contributed by atoms with E-state index in [1.165, 1.54) is 22.3 Å².